The first kappa shape index (κ1) is 13.7. The molecule has 0 amide bonds. The van der Waals surface area contributed by atoms with Gasteiger partial charge in [-0.15, -0.1) is 0 Å². The second-order valence-electron chi connectivity index (χ2n) is 3.11. The molecule has 1 aromatic rings. The molecule has 0 saturated heterocycles. The second-order valence-corrected chi connectivity index (χ2v) is 3.50. The normalized spacial score (nSPS) is 15.1. The van der Waals surface area contributed by atoms with Crippen molar-refractivity contribution < 1.29 is 23.4 Å². The lowest BCUT2D eigenvalue weighted by Gasteiger charge is -2.17. The van der Waals surface area contributed by atoms with Gasteiger partial charge < -0.3 is 10.2 Å². The van der Waals surface area contributed by atoms with E-state index in [0.29, 0.717) is 6.20 Å². The molecule has 0 saturated carbocycles. The Morgan fingerprint density at radius 3 is 2.47 bits per heavy atom. The van der Waals surface area contributed by atoms with Crippen LogP contribution in [0.3, 0.4) is 0 Å². The Labute approximate surface area is 98.9 Å². The molecule has 0 bridgehead atoms. The second kappa shape index (κ2) is 4.87. The van der Waals surface area contributed by atoms with Crippen molar-refractivity contribution in [3.63, 3.8) is 0 Å². The van der Waals surface area contributed by atoms with E-state index in [9.17, 15) is 18.3 Å². The lowest BCUT2D eigenvalue weighted by Crippen LogP contribution is -2.20. The van der Waals surface area contributed by atoms with Crippen molar-refractivity contribution in [1.29, 1.82) is 5.26 Å². The van der Waals surface area contributed by atoms with Crippen LogP contribution >= 0.6 is 11.6 Å². The highest BCUT2D eigenvalue weighted by molar-refractivity contribution is 6.29. The SMILES string of the molecule is N#CC(O)C(O)c1cc(Cl)ncc1C(F)(F)F. The van der Waals surface area contributed by atoms with Crippen molar-refractivity contribution in [3.8, 4) is 6.07 Å². The van der Waals surface area contributed by atoms with Crippen LogP contribution in [0, 0.1) is 11.3 Å². The average molecular weight is 267 g/mol. The fourth-order valence-corrected chi connectivity index (χ4v) is 1.33. The molecule has 0 spiro atoms. The predicted molar refractivity (Wildman–Crippen MR) is 50.8 cm³/mol. The van der Waals surface area contributed by atoms with Gasteiger partial charge >= 0.3 is 6.18 Å². The molecule has 1 rings (SSSR count). The number of hydrogen-bond acceptors (Lipinski definition) is 4. The molecule has 0 aromatic carbocycles. The summed E-state index contributed by atoms with van der Waals surface area (Å²) in [7, 11) is 0. The molecule has 0 radical (unpaired) electrons. The van der Waals surface area contributed by atoms with Gasteiger partial charge in [0.15, 0.2) is 6.10 Å². The lowest BCUT2D eigenvalue weighted by atomic mass is 10.0. The Kier molecular flexibility index (Phi) is 3.93. The lowest BCUT2D eigenvalue weighted by molar-refractivity contribution is -0.139. The van der Waals surface area contributed by atoms with E-state index in [-0.39, 0.29) is 5.15 Å². The summed E-state index contributed by atoms with van der Waals surface area (Å²) in [6.07, 6.45) is -8.31. The van der Waals surface area contributed by atoms with Crippen molar-refractivity contribution in [1.82, 2.24) is 4.98 Å². The van der Waals surface area contributed by atoms with Gasteiger partial charge in [0.25, 0.3) is 0 Å². The number of aliphatic hydroxyl groups excluding tert-OH is 2. The summed E-state index contributed by atoms with van der Waals surface area (Å²) in [5.41, 5.74) is -1.93. The van der Waals surface area contributed by atoms with E-state index in [1.807, 2.05) is 0 Å². The minimum atomic E-state index is -4.76. The van der Waals surface area contributed by atoms with E-state index in [0.717, 1.165) is 6.07 Å². The molecule has 2 atom stereocenters. The van der Waals surface area contributed by atoms with Crippen LogP contribution in [0.4, 0.5) is 13.2 Å². The van der Waals surface area contributed by atoms with Crippen LogP contribution in [0.1, 0.15) is 17.2 Å². The summed E-state index contributed by atoms with van der Waals surface area (Å²) in [4.78, 5) is 3.24. The maximum absolute atomic E-state index is 12.5. The van der Waals surface area contributed by atoms with Crippen LogP contribution in [0.15, 0.2) is 12.3 Å². The number of nitrogens with zero attached hydrogens (tertiary/aromatic N) is 2. The number of halogens is 4. The summed E-state index contributed by atoms with van der Waals surface area (Å²) < 4.78 is 37.6. The highest BCUT2D eigenvalue weighted by Crippen LogP contribution is 2.35. The van der Waals surface area contributed by atoms with E-state index in [4.69, 9.17) is 22.0 Å². The van der Waals surface area contributed by atoms with E-state index in [1.165, 1.54) is 6.07 Å². The van der Waals surface area contributed by atoms with E-state index < -0.39 is 29.5 Å². The van der Waals surface area contributed by atoms with Gasteiger partial charge in [0.2, 0.25) is 0 Å². The van der Waals surface area contributed by atoms with E-state index in [1.54, 1.807) is 0 Å². The molecule has 0 aliphatic heterocycles. The summed E-state index contributed by atoms with van der Waals surface area (Å²) in [6, 6.07) is 2.00. The minimum Gasteiger partial charge on any atom is -0.385 e. The molecule has 2 unspecified atom stereocenters. The first-order chi connectivity index (χ1) is 7.77. The highest BCUT2D eigenvalue weighted by atomic mass is 35.5. The van der Waals surface area contributed by atoms with Crippen molar-refractivity contribution in [2.75, 3.05) is 0 Å². The summed E-state index contributed by atoms with van der Waals surface area (Å²) in [5.74, 6) is 0. The zero-order chi connectivity index (χ0) is 13.2. The topological polar surface area (TPSA) is 77.1 Å². The Morgan fingerprint density at radius 2 is 2.00 bits per heavy atom. The molecular formula is C9H6ClF3N2O2. The van der Waals surface area contributed by atoms with Crippen LogP contribution in [0.25, 0.3) is 0 Å². The third-order valence-electron chi connectivity index (χ3n) is 1.96. The van der Waals surface area contributed by atoms with Gasteiger partial charge in [-0.05, 0) is 6.07 Å². The Hall–Kier alpha value is -1.36. The number of aromatic nitrogens is 1. The quantitative estimate of drug-likeness (QED) is 0.630. The molecule has 1 aromatic heterocycles. The van der Waals surface area contributed by atoms with E-state index >= 15 is 0 Å². The fourth-order valence-electron chi connectivity index (χ4n) is 1.17. The third-order valence-corrected chi connectivity index (χ3v) is 2.16. The standard InChI is InChI=1S/C9H6ClF3N2O2/c10-7-1-4(8(17)6(16)2-14)5(3-15-7)9(11,12)13/h1,3,6,8,16-17H. The Bertz CT molecular complexity index is 459. The molecule has 2 N–H and O–H groups in total. The summed E-state index contributed by atoms with van der Waals surface area (Å²) in [5, 5.41) is 26.5. The zero-order valence-electron chi connectivity index (χ0n) is 8.11. The summed E-state index contributed by atoms with van der Waals surface area (Å²) >= 11 is 5.40. The number of nitriles is 1. The number of hydrogen-bond donors (Lipinski definition) is 2. The monoisotopic (exact) mass is 266 g/mol. The van der Waals surface area contributed by atoms with Gasteiger partial charge in [-0.2, -0.15) is 18.4 Å². The smallest absolute Gasteiger partial charge is 0.385 e. The average Bonchev–Trinajstić information content (AvgIpc) is 2.25. The van der Waals surface area contributed by atoms with Crippen molar-refractivity contribution in [3.05, 3.63) is 28.5 Å². The molecule has 92 valence electrons. The molecular weight excluding hydrogens is 261 g/mol. The first-order valence-corrected chi connectivity index (χ1v) is 4.63. The van der Waals surface area contributed by atoms with Gasteiger partial charge in [-0.1, -0.05) is 11.6 Å². The predicted octanol–water partition coefficient (Wildman–Crippen LogP) is 1.67. The Morgan fingerprint density at radius 1 is 1.41 bits per heavy atom. The molecule has 0 aliphatic carbocycles. The van der Waals surface area contributed by atoms with Gasteiger partial charge in [-0.3, -0.25) is 0 Å². The van der Waals surface area contributed by atoms with Crippen molar-refractivity contribution in [2.45, 2.75) is 18.4 Å². The largest absolute Gasteiger partial charge is 0.418 e. The van der Waals surface area contributed by atoms with Crippen LogP contribution in [-0.4, -0.2) is 21.3 Å². The van der Waals surface area contributed by atoms with Crippen LogP contribution < -0.4 is 0 Å². The maximum atomic E-state index is 12.5. The van der Waals surface area contributed by atoms with Crippen LogP contribution in [0.2, 0.25) is 5.15 Å². The van der Waals surface area contributed by atoms with E-state index in [2.05, 4.69) is 4.98 Å². The van der Waals surface area contributed by atoms with Crippen LogP contribution in [0.5, 0.6) is 0 Å². The first-order valence-electron chi connectivity index (χ1n) is 4.25. The number of pyridine rings is 1. The maximum Gasteiger partial charge on any atom is 0.418 e. The van der Waals surface area contributed by atoms with Gasteiger partial charge in [0.1, 0.15) is 11.3 Å². The fraction of sp³-hybridized carbons (Fsp3) is 0.333. The summed E-state index contributed by atoms with van der Waals surface area (Å²) in [6.45, 7) is 0. The number of rotatable bonds is 2. The molecule has 8 heteroatoms. The van der Waals surface area contributed by atoms with Crippen molar-refractivity contribution in [2.24, 2.45) is 0 Å². The Balaban J connectivity index is 3.31. The zero-order valence-corrected chi connectivity index (χ0v) is 8.87. The number of aliphatic hydroxyl groups is 2. The number of alkyl halides is 3. The van der Waals surface area contributed by atoms with Gasteiger partial charge in [-0.25, -0.2) is 4.98 Å². The molecule has 17 heavy (non-hydrogen) atoms. The molecule has 1 heterocycles. The van der Waals surface area contributed by atoms with Gasteiger partial charge in [0, 0.05) is 11.8 Å². The van der Waals surface area contributed by atoms with Crippen LogP contribution in [-0.2, 0) is 6.18 Å². The molecule has 0 fully saturated rings. The molecule has 4 nitrogen and oxygen atoms in total. The van der Waals surface area contributed by atoms with Crippen molar-refractivity contribution >= 4 is 11.6 Å². The van der Waals surface area contributed by atoms with Gasteiger partial charge in [0.05, 0.1) is 11.6 Å². The highest BCUT2D eigenvalue weighted by Gasteiger charge is 2.37. The molecule has 0 aliphatic rings. The third kappa shape index (κ3) is 3.06. The minimum absolute atomic E-state index is 0.280.